The molecule has 1 amide bonds. The first-order chi connectivity index (χ1) is 20.9. The van der Waals surface area contributed by atoms with E-state index in [2.05, 4.69) is 15.3 Å². The van der Waals surface area contributed by atoms with E-state index in [1.165, 1.54) is 35.2 Å². The van der Waals surface area contributed by atoms with Crippen LogP contribution in [0.25, 0.3) is 22.4 Å². The Morgan fingerprint density at radius 3 is 2.66 bits per heavy atom. The molecule has 0 saturated heterocycles. The number of rotatable bonds is 4. The molecule has 2 atom stereocenters. The van der Waals surface area contributed by atoms with Crippen LogP contribution in [0.2, 0.25) is 5.02 Å². The summed E-state index contributed by atoms with van der Waals surface area (Å²) in [6, 6.07) is 14.7. The molecule has 3 heterocycles. The molecule has 0 saturated carbocycles. The number of carbonyl (C=O) groups excluding carboxylic acids is 1. The number of hydrogen-bond donors (Lipinski definition) is 3. The highest BCUT2D eigenvalue weighted by atomic mass is 35.5. The predicted octanol–water partition coefficient (Wildman–Crippen LogP) is 6.02. The first-order valence-corrected chi connectivity index (χ1v) is 14.1. The van der Waals surface area contributed by atoms with Gasteiger partial charge in [0.15, 0.2) is 0 Å². The Hall–Kier alpha value is -4.68. The van der Waals surface area contributed by atoms with Crippen LogP contribution in [-0.4, -0.2) is 26.6 Å². The van der Waals surface area contributed by atoms with Gasteiger partial charge in [0.05, 0.1) is 35.6 Å². The molecule has 4 aromatic rings. The summed E-state index contributed by atoms with van der Waals surface area (Å²) in [5.74, 6) is 5.53. The van der Waals surface area contributed by atoms with Gasteiger partial charge >= 0.3 is 6.18 Å². The lowest BCUT2D eigenvalue weighted by atomic mass is 9.93. The van der Waals surface area contributed by atoms with Crippen LogP contribution < -0.4 is 27.5 Å². The summed E-state index contributed by atoms with van der Waals surface area (Å²) in [4.78, 5) is 35.3. The van der Waals surface area contributed by atoms with Crippen molar-refractivity contribution in [2.75, 3.05) is 10.3 Å². The van der Waals surface area contributed by atoms with Crippen LogP contribution >= 0.6 is 11.6 Å². The molecule has 228 valence electrons. The number of carbonyl (C=O) groups is 1. The second-order valence-electron chi connectivity index (χ2n) is 10.6. The van der Waals surface area contributed by atoms with Crippen molar-refractivity contribution in [3.8, 4) is 22.4 Å². The molecule has 1 aliphatic rings. The Bertz CT molecular complexity index is 1790. The van der Waals surface area contributed by atoms with Crippen molar-refractivity contribution in [2.45, 2.75) is 38.4 Å². The van der Waals surface area contributed by atoms with Gasteiger partial charge in [0.1, 0.15) is 5.70 Å². The fourth-order valence-corrected chi connectivity index (χ4v) is 5.32. The van der Waals surface area contributed by atoms with Crippen molar-refractivity contribution in [2.24, 2.45) is 17.5 Å². The SMILES string of the molecule is CC1CCCC(n2cnc(-c3cc(Cl)ccc3N(N)/C=C(\N)C(F)(F)F)cc2=O)c2cccc(c2)-c2ccncc2NC1=O. The molecule has 9 nitrogen and oxygen atoms in total. The van der Waals surface area contributed by atoms with Crippen molar-refractivity contribution >= 4 is 28.9 Å². The van der Waals surface area contributed by atoms with Crippen LogP contribution in [0.5, 0.6) is 0 Å². The third-order valence-corrected chi connectivity index (χ3v) is 7.75. The van der Waals surface area contributed by atoms with Gasteiger partial charge in [0.25, 0.3) is 5.56 Å². The van der Waals surface area contributed by atoms with Crippen molar-refractivity contribution in [3.63, 3.8) is 0 Å². The minimum atomic E-state index is -4.78. The number of fused-ring (bicyclic) bond motifs is 4. The number of nitrogens with zero attached hydrogens (tertiary/aromatic N) is 4. The van der Waals surface area contributed by atoms with E-state index >= 15 is 0 Å². The number of halogens is 4. The molecule has 0 radical (unpaired) electrons. The van der Waals surface area contributed by atoms with Gasteiger partial charge in [-0.15, -0.1) is 0 Å². The van der Waals surface area contributed by atoms with Crippen molar-refractivity contribution in [1.29, 1.82) is 0 Å². The third kappa shape index (κ3) is 6.61. The smallest absolute Gasteiger partial charge is 0.393 e. The van der Waals surface area contributed by atoms with Crippen molar-refractivity contribution < 1.29 is 18.0 Å². The summed E-state index contributed by atoms with van der Waals surface area (Å²) in [5.41, 5.74) is 6.96. The van der Waals surface area contributed by atoms with E-state index in [-0.39, 0.29) is 33.8 Å². The van der Waals surface area contributed by atoms with E-state index in [4.69, 9.17) is 23.2 Å². The summed E-state index contributed by atoms with van der Waals surface area (Å²) in [5, 5.41) is 3.97. The van der Waals surface area contributed by atoms with Crippen molar-refractivity contribution in [3.05, 3.63) is 106 Å². The second-order valence-corrected chi connectivity index (χ2v) is 11.0. The molecule has 0 aliphatic carbocycles. The topological polar surface area (TPSA) is 132 Å². The summed E-state index contributed by atoms with van der Waals surface area (Å²) in [6.45, 7) is 1.86. The maximum Gasteiger partial charge on any atom is 0.432 e. The minimum Gasteiger partial charge on any atom is -0.393 e. The summed E-state index contributed by atoms with van der Waals surface area (Å²) < 4.78 is 40.7. The fraction of sp³-hybridized carbons (Fsp3) is 0.226. The van der Waals surface area contributed by atoms with E-state index in [1.54, 1.807) is 12.4 Å². The van der Waals surface area contributed by atoms with Crippen LogP contribution in [0.15, 0.2) is 90.0 Å². The molecule has 1 aliphatic heterocycles. The van der Waals surface area contributed by atoms with E-state index in [1.807, 2.05) is 37.3 Å². The van der Waals surface area contributed by atoms with Crippen LogP contribution in [0.1, 0.15) is 37.8 Å². The number of benzene rings is 2. The van der Waals surface area contributed by atoms with E-state index in [9.17, 15) is 22.8 Å². The second kappa shape index (κ2) is 12.5. The van der Waals surface area contributed by atoms with Gasteiger partial charge in [0.2, 0.25) is 5.91 Å². The zero-order valence-corrected chi connectivity index (χ0v) is 24.3. The van der Waals surface area contributed by atoms with Crippen LogP contribution in [0.4, 0.5) is 24.5 Å². The number of anilines is 2. The lowest BCUT2D eigenvalue weighted by molar-refractivity contribution is -0.119. The highest BCUT2D eigenvalue weighted by Gasteiger charge is 2.32. The lowest BCUT2D eigenvalue weighted by Crippen LogP contribution is -2.30. The van der Waals surface area contributed by atoms with Gasteiger partial charge < -0.3 is 11.1 Å². The number of hydrogen-bond acceptors (Lipinski definition) is 7. The summed E-state index contributed by atoms with van der Waals surface area (Å²) >= 11 is 6.20. The number of allylic oxidation sites excluding steroid dienone is 1. The Labute approximate surface area is 256 Å². The molecule has 2 unspecified atom stereocenters. The molecule has 5 N–H and O–H groups in total. The molecule has 0 spiro atoms. The molecule has 13 heteroatoms. The maximum atomic E-state index is 13.7. The zero-order chi connectivity index (χ0) is 31.6. The quantitative estimate of drug-likeness (QED) is 0.187. The lowest BCUT2D eigenvalue weighted by Gasteiger charge is -2.24. The van der Waals surface area contributed by atoms with E-state index < -0.39 is 23.5 Å². The molecule has 0 fully saturated rings. The number of alkyl halides is 3. The van der Waals surface area contributed by atoms with Gasteiger partial charge in [-0.05, 0) is 54.3 Å². The Morgan fingerprint density at radius 2 is 1.91 bits per heavy atom. The summed E-state index contributed by atoms with van der Waals surface area (Å²) in [7, 11) is 0. The number of nitrogens with one attached hydrogen (secondary N) is 1. The van der Waals surface area contributed by atoms with Crippen molar-refractivity contribution in [1.82, 2.24) is 14.5 Å². The molecule has 2 bridgehead atoms. The average Bonchev–Trinajstić information content (AvgIpc) is 2.98. The zero-order valence-electron chi connectivity index (χ0n) is 23.6. The Balaban J connectivity index is 1.57. The first kappa shape index (κ1) is 30.8. The largest absolute Gasteiger partial charge is 0.432 e. The highest BCUT2D eigenvalue weighted by molar-refractivity contribution is 6.31. The van der Waals surface area contributed by atoms with Gasteiger partial charge in [0, 0.05) is 40.5 Å². The number of aromatic nitrogens is 3. The first-order valence-electron chi connectivity index (χ1n) is 13.7. The summed E-state index contributed by atoms with van der Waals surface area (Å²) in [6.07, 6.45) is 2.21. The molecular weight excluding hydrogens is 595 g/mol. The van der Waals surface area contributed by atoms with Crippen LogP contribution in [0.3, 0.4) is 0 Å². The number of amides is 1. The number of hydrazine groups is 1. The number of nitrogens with two attached hydrogens (primary N) is 2. The normalized spacial score (nSPS) is 17.6. The van der Waals surface area contributed by atoms with Crippen LogP contribution in [-0.2, 0) is 4.79 Å². The molecule has 44 heavy (non-hydrogen) atoms. The van der Waals surface area contributed by atoms with Crippen LogP contribution in [0, 0.1) is 5.92 Å². The average molecular weight is 624 g/mol. The Kier molecular flexibility index (Phi) is 8.75. The van der Waals surface area contributed by atoms with E-state index in [0.717, 1.165) is 16.7 Å². The maximum absolute atomic E-state index is 13.7. The van der Waals surface area contributed by atoms with Gasteiger partial charge in [-0.1, -0.05) is 43.1 Å². The molecule has 2 aromatic carbocycles. The third-order valence-electron chi connectivity index (χ3n) is 7.51. The standard InChI is InChI=1S/C31H29ClF3N7O2/c1-18-4-2-7-26(20-6-3-5-19(12-20)22-10-11-38-15-25(22)40-30(18)44)41-17-39-24(14-29(41)43)23-13-21(32)8-9-27(23)42(37)16-28(36)31(33,34)35/h3,5-6,8-18,26H,2,4,7,36-37H2,1H3,(H,40,44)/b28-16-. The minimum absolute atomic E-state index is 0.102. The Morgan fingerprint density at radius 1 is 1.11 bits per heavy atom. The molecular formula is C31H29ClF3N7O2. The van der Waals surface area contributed by atoms with Gasteiger partial charge in [-0.2, -0.15) is 13.2 Å². The fourth-order valence-electron chi connectivity index (χ4n) is 5.15. The molecule has 2 aromatic heterocycles. The van der Waals surface area contributed by atoms with Gasteiger partial charge in [-0.3, -0.25) is 24.1 Å². The molecule has 5 rings (SSSR count). The van der Waals surface area contributed by atoms with Gasteiger partial charge in [-0.25, -0.2) is 10.8 Å². The van der Waals surface area contributed by atoms with E-state index in [0.29, 0.717) is 36.2 Å². The monoisotopic (exact) mass is 623 g/mol. The number of pyridine rings is 1. The predicted molar refractivity (Wildman–Crippen MR) is 163 cm³/mol. The highest BCUT2D eigenvalue weighted by Crippen LogP contribution is 2.35.